The Morgan fingerprint density at radius 3 is 1.96 bits per heavy atom. The summed E-state index contributed by atoms with van der Waals surface area (Å²) < 4.78 is 5.63. The van der Waals surface area contributed by atoms with Crippen molar-refractivity contribution in [3.63, 3.8) is 0 Å². The van der Waals surface area contributed by atoms with Crippen LogP contribution >= 0.6 is 11.3 Å². The zero-order valence-corrected chi connectivity index (χ0v) is 19.1. The topological polar surface area (TPSA) is 38.9 Å². The monoisotopic (exact) mass is 376 g/mol. The first kappa shape index (κ1) is 21.1. The van der Waals surface area contributed by atoms with E-state index in [1.54, 1.807) is 11.3 Å². The van der Waals surface area contributed by atoms with Gasteiger partial charge in [0.1, 0.15) is 5.76 Å². The van der Waals surface area contributed by atoms with E-state index in [9.17, 15) is 0 Å². The van der Waals surface area contributed by atoms with Crippen LogP contribution in [0.4, 0.5) is 0 Å². The Kier molecular flexibility index (Phi) is 5.51. The number of hydrogen-bond donors (Lipinski definition) is 0. The minimum Gasteiger partial charge on any atom is -0.361 e. The molecule has 0 fully saturated rings. The average molecular weight is 377 g/mol. The molecule has 2 rings (SSSR count). The second-order valence-corrected chi connectivity index (χ2v) is 11.7. The predicted octanol–water partition coefficient (Wildman–Crippen LogP) is 6.76. The Balaban J connectivity index is 2.25. The van der Waals surface area contributed by atoms with Gasteiger partial charge in [0.15, 0.2) is 0 Å². The first-order valence-electron chi connectivity index (χ1n) is 9.56. The Hall–Kier alpha value is -1.16. The minimum atomic E-state index is -0.0320. The van der Waals surface area contributed by atoms with Crippen LogP contribution in [0.2, 0.25) is 0 Å². The van der Waals surface area contributed by atoms with Crippen molar-refractivity contribution < 1.29 is 4.52 Å². The van der Waals surface area contributed by atoms with Crippen molar-refractivity contribution in [2.75, 3.05) is 0 Å². The quantitative estimate of drug-likeness (QED) is 0.578. The highest BCUT2D eigenvalue weighted by Crippen LogP contribution is 2.43. The van der Waals surface area contributed by atoms with Crippen molar-refractivity contribution in [3.8, 4) is 0 Å². The van der Waals surface area contributed by atoms with E-state index in [1.807, 2.05) is 11.7 Å². The van der Waals surface area contributed by atoms with Gasteiger partial charge in [-0.3, -0.25) is 0 Å². The van der Waals surface area contributed by atoms with Gasteiger partial charge in [0.25, 0.3) is 0 Å². The Labute approximate surface area is 163 Å². The van der Waals surface area contributed by atoms with E-state index in [4.69, 9.17) is 4.52 Å². The van der Waals surface area contributed by atoms with Gasteiger partial charge in [-0.2, -0.15) is 0 Å². The van der Waals surface area contributed by atoms with Gasteiger partial charge >= 0.3 is 0 Å². The fraction of sp³-hybridized carbons (Fsp3) is 0.727. The van der Waals surface area contributed by atoms with Crippen molar-refractivity contribution in [1.82, 2.24) is 10.1 Å². The number of aromatic nitrogens is 2. The molecule has 0 N–H and O–H groups in total. The summed E-state index contributed by atoms with van der Waals surface area (Å²) in [7, 11) is 0. The van der Waals surface area contributed by atoms with Gasteiger partial charge in [0, 0.05) is 26.7 Å². The second-order valence-electron chi connectivity index (χ2n) is 10.9. The van der Waals surface area contributed by atoms with Crippen LogP contribution in [0.15, 0.2) is 16.2 Å². The number of hydrogen-bond acceptors (Lipinski definition) is 4. The molecule has 0 spiro atoms. The molecule has 26 heavy (non-hydrogen) atoms. The fourth-order valence-electron chi connectivity index (χ4n) is 3.40. The van der Waals surface area contributed by atoms with E-state index in [2.05, 4.69) is 79.4 Å². The molecule has 0 atom stereocenters. The van der Waals surface area contributed by atoms with Crippen LogP contribution in [0.1, 0.15) is 104 Å². The maximum absolute atomic E-state index is 5.63. The van der Waals surface area contributed by atoms with Crippen LogP contribution in [0, 0.1) is 0 Å². The Bertz CT molecular complexity index is 675. The molecule has 146 valence electrons. The third-order valence-electron chi connectivity index (χ3n) is 5.25. The maximum Gasteiger partial charge on any atom is 0.145 e. The number of thiazole rings is 1. The van der Waals surface area contributed by atoms with E-state index in [-0.39, 0.29) is 21.7 Å². The highest BCUT2D eigenvalue weighted by Gasteiger charge is 2.36. The van der Waals surface area contributed by atoms with E-state index < -0.39 is 0 Å². The third kappa shape index (κ3) is 4.39. The first-order chi connectivity index (χ1) is 11.7. The van der Waals surface area contributed by atoms with Crippen LogP contribution in [-0.2, 0) is 21.7 Å². The predicted molar refractivity (Wildman–Crippen MR) is 111 cm³/mol. The van der Waals surface area contributed by atoms with E-state index in [1.165, 1.54) is 16.1 Å². The standard InChI is InChI=1S/C22H36N2OS/c1-19(2,3)16-18(26-14-23-16)22(9,10)12-11-21(7,8)15-13-24-25-17(15)20(4,5)6/h13-14H,11-12H2,1-10H3. The summed E-state index contributed by atoms with van der Waals surface area (Å²) >= 11 is 1.80. The average Bonchev–Trinajstić information content (AvgIpc) is 3.13. The lowest BCUT2D eigenvalue weighted by atomic mass is 9.72. The summed E-state index contributed by atoms with van der Waals surface area (Å²) in [5, 5.41) is 4.11. The lowest BCUT2D eigenvalue weighted by Crippen LogP contribution is -2.28. The van der Waals surface area contributed by atoms with E-state index in [0.29, 0.717) is 0 Å². The SMILES string of the molecule is CC(C)(C)c1ncsc1C(C)(C)CCC(C)(C)c1cnoc1C(C)(C)C. The molecular weight excluding hydrogens is 340 g/mol. The number of nitrogens with zero attached hydrogens (tertiary/aromatic N) is 2. The normalized spacial score (nSPS) is 14.1. The molecule has 3 nitrogen and oxygen atoms in total. The molecule has 0 aliphatic carbocycles. The van der Waals surface area contributed by atoms with Crippen molar-refractivity contribution in [3.05, 3.63) is 33.6 Å². The molecular formula is C22H36N2OS. The number of rotatable bonds is 5. The summed E-state index contributed by atoms with van der Waals surface area (Å²) in [5.74, 6) is 1.01. The molecule has 0 saturated carbocycles. The molecule has 2 aromatic heterocycles. The van der Waals surface area contributed by atoms with Crippen molar-refractivity contribution in [2.24, 2.45) is 0 Å². The zero-order chi connectivity index (χ0) is 20.0. The van der Waals surface area contributed by atoms with E-state index in [0.717, 1.165) is 18.6 Å². The Morgan fingerprint density at radius 1 is 0.846 bits per heavy atom. The van der Waals surface area contributed by atoms with Gasteiger partial charge in [0.05, 0.1) is 17.4 Å². The molecule has 0 aliphatic rings. The summed E-state index contributed by atoms with van der Waals surface area (Å²) in [6.45, 7) is 22.6. The maximum atomic E-state index is 5.63. The fourth-order valence-corrected chi connectivity index (χ4v) is 4.55. The molecule has 2 heterocycles. The van der Waals surface area contributed by atoms with Crippen molar-refractivity contribution in [1.29, 1.82) is 0 Å². The summed E-state index contributed by atoms with van der Waals surface area (Å²) in [4.78, 5) is 6.11. The van der Waals surface area contributed by atoms with Crippen LogP contribution in [-0.4, -0.2) is 10.1 Å². The van der Waals surface area contributed by atoms with Gasteiger partial charge < -0.3 is 4.52 Å². The van der Waals surface area contributed by atoms with Crippen LogP contribution < -0.4 is 0 Å². The summed E-state index contributed by atoms with van der Waals surface area (Å²) in [6, 6.07) is 0. The highest BCUT2D eigenvalue weighted by atomic mass is 32.1. The van der Waals surface area contributed by atoms with Crippen LogP contribution in [0.5, 0.6) is 0 Å². The Morgan fingerprint density at radius 2 is 1.42 bits per heavy atom. The largest absolute Gasteiger partial charge is 0.361 e. The molecule has 0 unspecified atom stereocenters. The van der Waals surface area contributed by atoms with Crippen LogP contribution in [0.25, 0.3) is 0 Å². The van der Waals surface area contributed by atoms with Gasteiger partial charge in [-0.15, -0.1) is 11.3 Å². The van der Waals surface area contributed by atoms with Gasteiger partial charge in [-0.1, -0.05) is 74.4 Å². The summed E-state index contributed by atoms with van der Waals surface area (Å²) in [6.07, 6.45) is 4.09. The van der Waals surface area contributed by atoms with Gasteiger partial charge in [0.2, 0.25) is 0 Å². The van der Waals surface area contributed by atoms with Gasteiger partial charge in [-0.25, -0.2) is 4.98 Å². The lowest BCUT2D eigenvalue weighted by Gasteiger charge is -2.33. The lowest BCUT2D eigenvalue weighted by molar-refractivity contribution is 0.313. The minimum absolute atomic E-state index is 0.0203. The van der Waals surface area contributed by atoms with E-state index >= 15 is 0 Å². The van der Waals surface area contributed by atoms with Crippen molar-refractivity contribution in [2.45, 2.75) is 104 Å². The third-order valence-corrected chi connectivity index (χ3v) is 6.44. The molecule has 4 heteroatoms. The second kappa shape index (κ2) is 6.78. The highest BCUT2D eigenvalue weighted by molar-refractivity contribution is 7.09. The molecule has 0 radical (unpaired) electrons. The molecule has 0 bridgehead atoms. The molecule has 0 aromatic carbocycles. The first-order valence-corrected chi connectivity index (χ1v) is 10.4. The molecule has 0 aliphatic heterocycles. The van der Waals surface area contributed by atoms with Crippen LogP contribution in [0.3, 0.4) is 0 Å². The molecule has 0 amide bonds. The smallest absolute Gasteiger partial charge is 0.145 e. The van der Waals surface area contributed by atoms with Gasteiger partial charge in [-0.05, 0) is 18.3 Å². The molecule has 2 aromatic rings. The summed E-state index contributed by atoms with van der Waals surface area (Å²) in [5.41, 5.74) is 4.64. The van der Waals surface area contributed by atoms with Crippen molar-refractivity contribution >= 4 is 11.3 Å². The zero-order valence-electron chi connectivity index (χ0n) is 18.3. The molecule has 0 saturated heterocycles.